The summed E-state index contributed by atoms with van der Waals surface area (Å²) in [6.07, 6.45) is 2.77. The lowest BCUT2D eigenvalue weighted by Crippen LogP contribution is -2.16. The first-order valence-corrected chi connectivity index (χ1v) is 6.47. The highest BCUT2D eigenvalue weighted by molar-refractivity contribution is 6.48. The molecule has 0 atom stereocenters. The van der Waals surface area contributed by atoms with Gasteiger partial charge in [-0.3, -0.25) is 4.79 Å². The van der Waals surface area contributed by atoms with Crippen LogP contribution in [0.3, 0.4) is 0 Å². The van der Waals surface area contributed by atoms with E-state index in [1.54, 1.807) is 18.3 Å². The van der Waals surface area contributed by atoms with Gasteiger partial charge in [0.25, 0.3) is 0 Å². The van der Waals surface area contributed by atoms with Crippen molar-refractivity contribution in [3.05, 3.63) is 51.0 Å². The molecule has 0 aromatic carbocycles. The van der Waals surface area contributed by atoms with Gasteiger partial charge in [0.15, 0.2) is 12.3 Å². The fourth-order valence-corrected chi connectivity index (χ4v) is 1.92. The first-order chi connectivity index (χ1) is 9.50. The Morgan fingerprint density at radius 1 is 1.25 bits per heavy atom. The van der Waals surface area contributed by atoms with E-state index < -0.39 is 12.6 Å². The number of hydrogen-bond acceptors (Lipinski definition) is 4. The molecule has 0 aliphatic carbocycles. The molecule has 0 spiro atoms. The van der Waals surface area contributed by atoms with E-state index in [0.717, 1.165) is 0 Å². The first-order valence-electron chi connectivity index (χ1n) is 5.34. The third kappa shape index (κ3) is 3.12. The van der Waals surface area contributed by atoms with E-state index in [9.17, 15) is 9.59 Å². The van der Waals surface area contributed by atoms with Crippen LogP contribution >= 0.6 is 34.8 Å². The van der Waals surface area contributed by atoms with E-state index >= 15 is 0 Å². The highest BCUT2D eigenvalue weighted by atomic mass is 35.5. The molecule has 8 heteroatoms. The Kier molecular flexibility index (Phi) is 4.65. The zero-order valence-electron chi connectivity index (χ0n) is 9.82. The zero-order chi connectivity index (χ0) is 14.7. The number of aromatic amines is 1. The van der Waals surface area contributed by atoms with Crippen molar-refractivity contribution < 1.29 is 14.3 Å². The van der Waals surface area contributed by atoms with Crippen LogP contribution < -0.4 is 0 Å². The van der Waals surface area contributed by atoms with E-state index in [0.29, 0.717) is 5.69 Å². The molecule has 2 heterocycles. The third-order valence-electron chi connectivity index (χ3n) is 2.34. The van der Waals surface area contributed by atoms with Crippen molar-refractivity contribution >= 4 is 46.6 Å². The molecule has 0 amide bonds. The van der Waals surface area contributed by atoms with Crippen LogP contribution in [0.2, 0.25) is 15.1 Å². The van der Waals surface area contributed by atoms with Gasteiger partial charge in [-0.1, -0.05) is 34.8 Å². The molecule has 104 valence electrons. The summed E-state index contributed by atoms with van der Waals surface area (Å²) in [6, 6.07) is 3.23. The number of halogens is 3. The molecule has 0 radical (unpaired) electrons. The Balaban J connectivity index is 2.06. The van der Waals surface area contributed by atoms with Crippen molar-refractivity contribution in [3.8, 4) is 0 Å². The minimum atomic E-state index is -0.853. The second-order valence-electron chi connectivity index (χ2n) is 3.67. The van der Waals surface area contributed by atoms with Gasteiger partial charge in [0, 0.05) is 12.4 Å². The average Bonchev–Trinajstić information content (AvgIpc) is 2.96. The Bertz CT molecular complexity index is 656. The van der Waals surface area contributed by atoms with Gasteiger partial charge >= 0.3 is 5.97 Å². The van der Waals surface area contributed by atoms with E-state index in [2.05, 4.69) is 9.97 Å². The SMILES string of the molecule is O=C(COC(=O)c1ncc(Cl)c(Cl)c1Cl)c1ccc[nH]1. The number of esters is 1. The Morgan fingerprint density at radius 2 is 2.00 bits per heavy atom. The lowest BCUT2D eigenvalue weighted by atomic mass is 10.3. The van der Waals surface area contributed by atoms with Gasteiger partial charge in [0.05, 0.1) is 20.8 Å². The van der Waals surface area contributed by atoms with E-state index in [1.807, 2.05) is 0 Å². The number of Topliss-reactive ketones (excluding diaryl/α,β-unsaturated/α-hetero) is 1. The number of H-pyrrole nitrogens is 1. The van der Waals surface area contributed by atoms with E-state index in [4.69, 9.17) is 39.5 Å². The molecule has 0 unspecified atom stereocenters. The second kappa shape index (κ2) is 6.26. The summed E-state index contributed by atoms with van der Waals surface area (Å²) in [5.74, 6) is -1.23. The van der Waals surface area contributed by atoms with Gasteiger partial charge in [-0.15, -0.1) is 0 Å². The van der Waals surface area contributed by atoms with Gasteiger partial charge in [-0.2, -0.15) is 0 Å². The van der Waals surface area contributed by atoms with Crippen molar-refractivity contribution in [2.24, 2.45) is 0 Å². The number of carbonyl (C=O) groups excluding carboxylic acids is 2. The van der Waals surface area contributed by atoms with Crippen molar-refractivity contribution in [2.45, 2.75) is 0 Å². The molecular weight excluding hydrogens is 327 g/mol. The molecule has 2 aromatic heterocycles. The smallest absolute Gasteiger partial charge is 0.358 e. The number of ketones is 1. The minimum absolute atomic E-state index is 0.00553. The van der Waals surface area contributed by atoms with Crippen LogP contribution in [-0.4, -0.2) is 28.3 Å². The highest BCUT2D eigenvalue weighted by Crippen LogP contribution is 2.31. The van der Waals surface area contributed by atoms with Crippen LogP contribution in [0.1, 0.15) is 21.0 Å². The van der Waals surface area contributed by atoms with Gasteiger partial charge in [-0.05, 0) is 12.1 Å². The number of aromatic nitrogens is 2. The molecule has 0 aliphatic heterocycles. The molecule has 1 N–H and O–H groups in total. The van der Waals surface area contributed by atoms with Crippen LogP contribution in [-0.2, 0) is 4.74 Å². The number of hydrogen-bond donors (Lipinski definition) is 1. The molecule has 5 nitrogen and oxygen atoms in total. The lowest BCUT2D eigenvalue weighted by molar-refractivity contribution is 0.0468. The summed E-state index contributed by atoms with van der Waals surface area (Å²) in [4.78, 5) is 29.9. The van der Waals surface area contributed by atoms with Crippen molar-refractivity contribution in [2.75, 3.05) is 6.61 Å². The van der Waals surface area contributed by atoms with Crippen LogP contribution in [0.25, 0.3) is 0 Å². The van der Waals surface area contributed by atoms with Gasteiger partial charge in [-0.25, -0.2) is 9.78 Å². The molecule has 0 saturated carbocycles. The first kappa shape index (κ1) is 14.8. The maximum absolute atomic E-state index is 11.8. The zero-order valence-corrected chi connectivity index (χ0v) is 12.1. The van der Waals surface area contributed by atoms with Crippen LogP contribution in [0, 0.1) is 0 Å². The fraction of sp³-hybridized carbons (Fsp3) is 0.0833. The monoisotopic (exact) mass is 332 g/mol. The van der Waals surface area contributed by atoms with E-state index in [-0.39, 0.29) is 26.5 Å². The van der Waals surface area contributed by atoms with Gasteiger partial charge in [0.1, 0.15) is 0 Å². The Morgan fingerprint density at radius 3 is 2.65 bits per heavy atom. The number of pyridine rings is 1. The fourth-order valence-electron chi connectivity index (χ4n) is 1.37. The summed E-state index contributed by atoms with van der Waals surface area (Å²) >= 11 is 17.3. The summed E-state index contributed by atoms with van der Waals surface area (Å²) in [5, 5.41) is 0.0122. The van der Waals surface area contributed by atoms with Crippen molar-refractivity contribution in [1.29, 1.82) is 0 Å². The van der Waals surface area contributed by atoms with Gasteiger partial charge in [0.2, 0.25) is 5.78 Å². The van der Waals surface area contributed by atoms with Crippen molar-refractivity contribution in [3.63, 3.8) is 0 Å². The summed E-state index contributed by atoms with van der Waals surface area (Å²) < 4.78 is 4.83. The molecule has 2 aromatic rings. The van der Waals surface area contributed by atoms with Crippen molar-refractivity contribution in [1.82, 2.24) is 9.97 Å². The summed E-state index contributed by atoms with van der Waals surface area (Å²) in [5.41, 5.74) is 0.145. The predicted octanol–water partition coefficient (Wildman–Crippen LogP) is 3.41. The number of nitrogens with zero attached hydrogens (tertiary/aromatic N) is 1. The number of nitrogens with one attached hydrogen (secondary N) is 1. The number of carbonyl (C=O) groups is 2. The third-order valence-corrected chi connectivity index (χ3v) is 3.58. The van der Waals surface area contributed by atoms with Crippen LogP contribution in [0.5, 0.6) is 0 Å². The number of ether oxygens (including phenoxy) is 1. The molecule has 0 fully saturated rings. The maximum atomic E-state index is 11.8. The van der Waals surface area contributed by atoms with Crippen LogP contribution in [0.4, 0.5) is 0 Å². The molecular formula is C12H7Cl3N2O3. The largest absolute Gasteiger partial charge is 0.452 e. The Hall–Kier alpha value is -1.56. The predicted molar refractivity (Wildman–Crippen MR) is 74.7 cm³/mol. The Labute approximate surface area is 128 Å². The molecule has 0 aliphatic rings. The summed E-state index contributed by atoms with van der Waals surface area (Å²) in [6.45, 7) is -0.433. The average molecular weight is 334 g/mol. The molecule has 20 heavy (non-hydrogen) atoms. The lowest BCUT2D eigenvalue weighted by Gasteiger charge is -2.06. The van der Waals surface area contributed by atoms with Crippen LogP contribution in [0.15, 0.2) is 24.5 Å². The quantitative estimate of drug-likeness (QED) is 0.687. The highest BCUT2D eigenvalue weighted by Gasteiger charge is 2.19. The van der Waals surface area contributed by atoms with E-state index in [1.165, 1.54) is 6.20 Å². The molecule has 2 rings (SSSR count). The van der Waals surface area contributed by atoms with Gasteiger partial charge < -0.3 is 9.72 Å². The second-order valence-corrected chi connectivity index (χ2v) is 4.83. The molecule has 0 saturated heterocycles. The number of rotatable bonds is 4. The topological polar surface area (TPSA) is 72.1 Å². The maximum Gasteiger partial charge on any atom is 0.358 e. The minimum Gasteiger partial charge on any atom is -0.452 e. The normalized spacial score (nSPS) is 10.3. The standard InChI is InChI=1S/C12H7Cl3N2O3/c13-6-4-17-11(10(15)9(6)14)12(19)20-5-8(18)7-2-1-3-16-7/h1-4,16H,5H2. The molecule has 0 bridgehead atoms. The summed E-state index contributed by atoms with van der Waals surface area (Å²) in [7, 11) is 0.